The maximum Gasteiger partial charge on any atom is 0.232 e. The van der Waals surface area contributed by atoms with Gasteiger partial charge in [-0.15, -0.1) is 0 Å². The number of halogens is 1. The van der Waals surface area contributed by atoms with Crippen LogP contribution in [-0.4, -0.2) is 5.78 Å². The number of ketones is 1. The highest BCUT2D eigenvalue weighted by Gasteiger charge is 2.28. The molecule has 0 N–H and O–H groups in total. The molecule has 124 valence electrons. The van der Waals surface area contributed by atoms with Crippen LogP contribution in [-0.2, 0) is 6.61 Å². The van der Waals surface area contributed by atoms with E-state index in [1.807, 2.05) is 24.3 Å². The molecular formula is C20H13ClO4. The largest absolute Gasteiger partial charge is 0.489 e. The first-order valence-corrected chi connectivity index (χ1v) is 8.06. The van der Waals surface area contributed by atoms with Crippen LogP contribution in [0.3, 0.4) is 0 Å². The van der Waals surface area contributed by atoms with Gasteiger partial charge in [-0.1, -0.05) is 23.7 Å². The molecule has 0 aliphatic carbocycles. The van der Waals surface area contributed by atoms with Crippen molar-refractivity contribution in [2.75, 3.05) is 0 Å². The van der Waals surface area contributed by atoms with Gasteiger partial charge in [0.05, 0.1) is 11.8 Å². The van der Waals surface area contributed by atoms with Crippen LogP contribution < -0.4 is 9.47 Å². The number of ether oxygens (including phenoxy) is 2. The first-order chi connectivity index (χ1) is 12.2. The van der Waals surface area contributed by atoms with Crippen LogP contribution in [0.15, 0.2) is 71.0 Å². The molecule has 2 heterocycles. The number of hydrogen-bond donors (Lipinski definition) is 0. The van der Waals surface area contributed by atoms with Crippen molar-refractivity contribution in [1.29, 1.82) is 0 Å². The van der Waals surface area contributed by atoms with E-state index in [1.54, 1.807) is 42.7 Å². The first kappa shape index (κ1) is 15.5. The third kappa shape index (κ3) is 3.30. The maximum absolute atomic E-state index is 12.4. The molecular weight excluding hydrogens is 340 g/mol. The van der Waals surface area contributed by atoms with E-state index in [0.717, 1.165) is 5.56 Å². The topological polar surface area (TPSA) is 48.7 Å². The molecule has 0 spiro atoms. The average Bonchev–Trinajstić information content (AvgIpc) is 3.22. The molecule has 1 aromatic heterocycles. The fourth-order valence-corrected chi connectivity index (χ4v) is 2.77. The lowest BCUT2D eigenvalue weighted by molar-refractivity contribution is 0.101. The van der Waals surface area contributed by atoms with Crippen molar-refractivity contribution in [2.24, 2.45) is 0 Å². The lowest BCUT2D eigenvalue weighted by Crippen LogP contribution is -1.97. The van der Waals surface area contributed by atoms with E-state index in [1.165, 1.54) is 0 Å². The first-order valence-electron chi connectivity index (χ1n) is 7.68. The summed E-state index contributed by atoms with van der Waals surface area (Å²) in [5.74, 6) is 1.72. The van der Waals surface area contributed by atoms with E-state index in [9.17, 15) is 4.79 Å². The number of allylic oxidation sites excluding steroid dienone is 1. The summed E-state index contributed by atoms with van der Waals surface area (Å²) in [5.41, 5.74) is 1.47. The molecule has 1 aliphatic heterocycles. The van der Waals surface area contributed by atoms with Crippen LogP contribution in [0.1, 0.15) is 21.7 Å². The number of carbonyl (C=O) groups excluding carboxylic acids is 1. The fraction of sp³-hybridized carbons (Fsp3) is 0.0500. The van der Waals surface area contributed by atoms with Gasteiger partial charge in [0, 0.05) is 17.2 Å². The van der Waals surface area contributed by atoms with Crippen LogP contribution in [0.2, 0.25) is 5.02 Å². The van der Waals surface area contributed by atoms with Gasteiger partial charge in [-0.05, 0) is 42.0 Å². The van der Waals surface area contributed by atoms with Crippen molar-refractivity contribution >= 4 is 23.5 Å². The van der Waals surface area contributed by atoms with E-state index >= 15 is 0 Å². The second kappa shape index (κ2) is 6.49. The second-order valence-electron chi connectivity index (χ2n) is 5.53. The average molecular weight is 353 g/mol. The van der Waals surface area contributed by atoms with Gasteiger partial charge < -0.3 is 13.9 Å². The molecule has 0 amide bonds. The van der Waals surface area contributed by atoms with Crippen LogP contribution >= 0.6 is 11.6 Å². The third-order valence-electron chi connectivity index (χ3n) is 3.75. The molecule has 3 aromatic rings. The van der Waals surface area contributed by atoms with Gasteiger partial charge in [-0.25, -0.2) is 0 Å². The van der Waals surface area contributed by atoms with E-state index in [2.05, 4.69) is 0 Å². The van der Waals surface area contributed by atoms with Crippen molar-refractivity contribution in [3.63, 3.8) is 0 Å². The standard InChI is InChI=1S/C20H13ClO4/c21-14-4-1-3-13(9-14)12-24-16-6-7-17-18(10-16)25-19(20(17)22)11-15-5-2-8-23-15/h1-11H,12H2/b19-11+. The minimum absolute atomic E-state index is 0.173. The fourth-order valence-electron chi connectivity index (χ4n) is 2.55. The van der Waals surface area contributed by atoms with Gasteiger partial charge in [0.25, 0.3) is 0 Å². The molecule has 0 atom stereocenters. The zero-order chi connectivity index (χ0) is 17.2. The number of furan rings is 1. The Morgan fingerprint density at radius 2 is 2.00 bits per heavy atom. The molecule has 0 saturated heterocycles. The Labute approximate surface area is 149 Å². The Kier molecular flexibility index (Phi) is 4.04. The van der Waals surface area contributed by atoms with Gasteiger partial charge >= 0.3 is 0 Å². The molecule has 0 radical (unpaired) electrons. The highest BCUT2D eigenvalue weighted by molar-refractivity contribution is 6.30. The number of hydrogen-bond acceptors (Lipinski definition) is 4. The monoisotopic (exact) mass is 352 g/mol. The predicted molar refractivity (Wildman–Crippen MR) is 93.9 cm³/mol. The van der Waals surface area contributed by atoms with Crippen molar-refractivity contribution in [1.82, 2.24) is 0 Å². The van der Waals surface area contributed by atoms with Crippen molar-refractivity contribution in [2.45, 2.75) is 6.61 Å². The zero-order valence-electron chi connectivity index (χ0n) is 13.1. The van der Waals surface area contributed by atoms with Gasteiger partial charge in [-0.3, -0.25) is 4.79 Å². The van der Waals surface area contributed by atoms with Crippen LogP contribution in [0, 0.1) is 0 Å². The number of Topliss-reactive ketones (excluding diaryl/α,β-unsaturated/α-hetero) is 1. The summed E-state index contributed by atoms with van der Waals surface area (Å²) in [6.07, 6.45) is 3.12. The summed E-state index contributed by atoms with van der Waals surface area (Å²) in [5, 5.41) is 0.664. The second-order valence-corrected chi connectivity index (χ2v) is 5.97. The van der Waals surface area contributed by atoms with Gasteiger partial charge in [0.1, 0.15) is 23.9 Å². The minimum atomic E-state index is -0.173. The Balaban J connectivity index is 1.51. The molecule has 5 heteroatoms. The number of fused-ring (bicyclic) bond motifs is 1. The van der Waals surface area contributed by atoms with Crippen LogP contribution in [0.4, 0.5) is 0 Å². The highest BCUT2D eigenvalue weighted by atomic mass is 35.5. The molecule has 0 fully saturated rings. The number of benzene rings is 2. The summed E-state index contributed by atoms with van der Waals surface area (Å²) < 4.78 is 16.6. The third-order valence-corrected chi connectivity index (χ3v) is 3.99. The molecule has 2 aromatic carbocycles. The summed E-state index contributed by atoms with van der Waals surface area (Å²) in [4.78, 5) is 12.4. The Morgan fingerprint density at radius 3 is 2.80 bits per heavy atom. The van der Waals surface area contributed by atoms with Crippen LogP contribution in [0.25, 0.3) is 6.08 Å². The SMILES string of the molecule is O=C1/C(=C\c2ccco2)Oc2cc(OCc3cccc(Cl)c3)ccc21. The Bertz CT molecular complexity index is 958. The van der Waals surface area contributed by atoms with Gasteiger partial charge in [0.2, 0.25) is 5.78 Å². The highest BCUT2D eigenvalue weighted by Crippen LogP contribution is 2.35. The maximum atomic E-state index is 12.4. The molecule has 0 saturated carbocycles. The van der Waals surface area contributed by atoms with E-state index in [-0.39, 0.29) is 11.5 Å². The molecule has 0 bridgehead atoms. The Hall–Kier alpha value is -2.98. The molecule has 4 nitrogen and oxygen atoms in total. The van der Waals surface area contributed by atoms with Crippen molar-refractivity contribution in [3.05, 3.63) is 88.5 Å². The molecule has 4 rings (SSSR count). The van der Waals surface area contributed by atoms with E-state index in [0.29, 0.717) is 34.5 Å². The Morgan fingerprint density at radius 1 is 1.08 bits per heavy atom. The minimum Gasteiger partial charge on any atom is -0.489 e. The van der Waals surface area contributed by atoms with Crippen LogP contribution in [0.5, 0.6) is 11.5 Å². The predicted octanol–water partition coefficient (Wildman–Crippen LogP) is 5.13. The summed E-state index contributed by atoms with van der Waals surface area (Å²) in [6.45, 7) is 0.377. The number of carbonyl (C=O) groups is 1. The number of rotatable bonds is 4. The van der Waals surface area contributed by atoms with E-state index in [4.69, 9.17) is 25.5 Å². The molecule has 1 aliphatic rings. The van der Waals surface area contributed by atoms with Gasteiger partial charge in [0.15, 0.2) is 5.76 Å². The normalized spacial score (nSPS) is 14.4. The lowest BCUT2D eigenvalue weighted by atomic mass is 10.1. The molecule has 25 heavy (non-hydrogen) atoms. The lowest BCUT2D eigenvalue weighted by Gasteiger charge is -2.07. The summed E-state index contributed by atoms with van der Waals surface area (Å²) in [7, 11) is 0. The smallest absolute Gasteiger partial charge is 0.232 e. The summed E-state index contributed by atoms with van der Waals surface area (Å²) in [6, 6.07) is 16.1. The van der Waals surface area contributed by atoms with Crippen molar-refractivity contribution < 1.29 is 18.7 Å². The van der Waals surface area contributed by atoms with Crippen molar-refractivity contribution in [3.8, 4) is 11.5 Å². The summed E-state index contributed by atoms with van der Waals surface area (Å²) >= 11 is 5.97. The van der Waals surface area contributed by atoms with Gasteiger partial charge in [-0.2, -0.15) is 0 Å². The molecule has 0 unspecified atom stereocenters. The zero-order valence-corrected chi connectivity index (χ0v) is 13.8. The van der Waals surface area contributed by atoms with E-state index < -0.39 is 0 Å². The quantitative estimate of drug-likeness (QED) is 0.611.